The maximum atomic E-state index is 12.1. The zero-order valence-electron chi connectivity index (χ0n) is 13.4. The first-order valence-electron chi connectivity index (χ1n) is 7.26. The monoisotopic (exact) mass is 327 g/mol. The number of rotatable bonds is 7. The fourth-order valence-corrected chi connectivity index (χ4v) is 2.05. The molecule has 1 atom stereocenters. The molecule has 0 saturated carbocycles. The number of halogens is 1. The Kier molecular flexibility index (Phi) is 9.45. The molecule has 0 aliphatic heterocycles. The SMILES string of the molecule is CC(=O)NCc1ccc(C(=O)NC(CN)CC(C)C)cc1.Cl. The predicted octanol–water partition coefficient (Wildman–Crippen LogP) is 1.85. The van der Waals surface area contributed by atoms with Crippen molar-refractivity contribution in [3.05, 3.63) is 35.4 Å². The summed E-state index contributed by atoms with van der Waals surface area (Å²) in [5, 5.41) is 5.67. The predicted molar refractivity (Wildman–Crippen MR) is 91.0 cm³/mol. The highest BCUT2D eigenvalue weighted by Gasteiger charge is 2.13. The van der Waals surface area contributed by atoms with E-state index in [0.29, 0.717) is 24.6 Å². The molecule has 0 saturated heterocycles. The van der Waals surface area contributed by atoms with E-state index in [2.05, 4.69) is 24.5 Å². The van der Waals surface area contributed by atoms with Gasteiger partial charge in [-0.05, 0) is 30.0 Å². The third-order valence-corrected chi connectivity index (χ3v) is 3.13. The molecular formula is C16H26ClN3O2. The molecule has 22 heavy (non-hydrogen) atoms. The average Bonchev–Trinajstić information content (AvgIpc) is 2.44. The molecule has 1 aromatic rings. The van der Waals surface area contributed by atoms with Crippen molar-refractivity contribution in [1.82, 2.24) is 10.6 Å². The van der Waals surface area contributed by atoms with Gasteiger partial charge in [-0.15, -0.1) is 12.4 Å². The molecule has 0 bridgehead atoms. The number of carbonyl (C=O) groups excluding carboxylic acids is 2. The maximum Gasteiger partial charge on any atom is 0.251 e. The molecule has 6 heteroatoms. The van der Waals surface area contributed by atoms with Crippen LogP contribution >= 0.6 is 12.4 Å². The zero-order valence-corrected chi connectivity index (χ0v) is 14.2. The first kappa shape index (κ1) is 20.4. The number of hydrogen-bond donors (Lipinski definition) is 3. The number of nitrogens with one attached hydrogen (secondary N) is 2. The molecule has 0 radical (unpaired) electrons. The maximum absolute atomic E-state index is 12.1. The number of amides is 2. The minimum absolute atomic E-state index is 0. The number of benzene rings is 1. The van der Waals surface area contributed by atoms with Crippen LogP contribution in [0.2, 0.25) is 0 Å². The van der Waals surface area contributed by atoms with Gasteiger partial charge in [0.15, 0.2) is 0 Å². The Morgan fingerprint density at radius 1 is 1.18 bits per heavy atom. The molecule has 0 spiro atoms. The second-order valence-electron chi connectivity index (χ2n) is 5.64. The fraction of sp³-hybridized carbons (Fsp3) is 0.500. The second-order valence-corrected chi connectivity index (χ2v) is 5.64. The molecule has 0 aliphatic carbocycles. The van der Waals surface area contributed by atoms with Gasteiger partial charge in [0.2, 0.25) is 5.91 Å². The van der Waals surface area contributed by atoms with Crippen LogP contribution in [0.4, 0.5) is 0 Å². The Labute approximate surface area is 138 Å². The number of hydrogen-bond acceptors (Lipinski definition) is 3. The van der Waals surface area contributed by atoms with Crippen molar-refractivity contribution in [3.63, 3.8) is 0 Å². The Morgan fingerprint density at radius 2 is 1.77 bits per heavy atom. The van der Waals surface area contributed by atoms with Crippen LogP contribution < -0.4 is 16.4 Å². The first-order chi connectivity index (χ1) is 9.92. The summed E-state index contributed by atoms with van der Waals surface area (Å²) in [4.78, 5) is 23.0. The molecule has 1 aromatic carbocycles. The molecule has 5 nitrogen and oxygen atoms in total. The van der Waals surface area contributed by atoms with Crippen molar-refractivity contribution >= 4 is 24.2 Å². The highest BCUT2D eigenvalue weighted by Crippen LogP contribution is 2.07. The molecule has 0 fully saturated rings. The van der Waals surface area contributed by atoms with E-state index < -0.39 is 0 Å². The lowest BCUT2D eigenvalue weighted by Crippen LogP contribution is -2.41. The largest absolute Gasteiger partial charge is 0.352 e. The highest BCUT2D eigenvalue weighted by molar-refractivity contribution is 5.94. The summed E-state index contributed by atoms with van der Waals surface area (Å²) in [5.41, 5.74) is 7.24. The van der Waals surface area contributed by atoms with Crippen LogP contribution in [0.25, 0.3) is 0 Å². The highest BCUT2D eigenvalue weighted by atomic mass is 35.5. The van der Waals surface area contributed by atoms with Gasteiger partial charge < -0.3 is 16.4 Å². The lowest BCUT2D eigenvalue weighted by molar-refractivity contribution is -0.119. The third-order valence-electron chi connectivity index (χ3n) is 3.13. The molecule has 0 aromatic heterocycles. The van der Waals surface area contributed by atoms with E-state index in [1.807, 2.05) is 12.1 Å². The normalized spacial score (nSPS) is 11.5. The van der Waals surface area contributed by atoms with E-state index in [4.69, 9.17) is 5.73 Å². The van der Waals surface area contributed by atoms with E-state index in [1.165, 1.54) is 6.92 Å². The van der Waals surface area contributed by atoms with Gasteiger partial charge in [0.25, 0.3) is 5.91 Å². The van der Waals surface area contributed by atoms with Gasteiger partial charge in [-0.3, -0.25) is 9.59 Å². The topological polar surface area (TPSA) is 84.2 Å². The fourth-order valence-electron chi connectivity index (χ4n) is 2.05. The summed E-state index contributed by atoms with van der Waals surface area (Å²) < 4.78 is 0. The van der Waals surface area contributed by atoms with Crippen molar-refractivity contribution in [2.45, 2.75) is 39.8 Å². The molecule has 0 aliphatic rings. The van der Waals surface area contributed by atoms with Gasteiger partial charge in [0.1, 0.15) is 0 Å². The Hall–Kier alpha value is -1.59. The quantitative estimate of drug-likeness (QED) is 0.714. The summed E-state index contributed by atoms with van der Waals surface area (Å²) in [6, 6.07) is 7.19. The molecule has 1 unspecified atom stereocenters. The van der Waals surface area contributed by atoms with Gasteiger partial charge in [-0.2, -0.15) is 0 Å². The zero-order chi connectivity index (χ0) is 15.8. The van der Waals surface area contributed by atoms with Gasteiger partial charge in [-0.1, -0.05) is 26.0 Å². The van der Waals surface area contributed by atoms with Crippen LogP contribution in [0, 0.1) is 5.92 Å². The Morgan fingerprint density at radius 3 is 2.23 bits per heavy atom. The van der Waals surface area contributed by atoms with Crippen LogP contribution in [0.1, 0.15) is 43.1 Å². The van der Waals surface area contributed by atoms with Gasteiger partial charge >= 0.3 is 0 Å². The minimum atomic E-state index is -0.114. The van der Waals surface area contributed by atoms with Crippen LogP contribution in [0.3, 0.4) is 0 Å². The first-order valence-corrected chi connectivity index (χ1v) is 7.26. The third kappa shape index (κ3) is 7.43. The van der Waals surface area contributed by atoms with E-state index in [9.17, 15) is 9.59 Å². The molecule has 4 N–H and O–H groups in total. The standard InChI is InChI=1S/C16H25N3O2.ClH/c1-11(2)8-15(9-17)19-16(21)14-6-4-13(5-7-14)10-18-12(3)20;/h4-7,11,15H,8-10,17H2,1-3H3,(H,18,20)(H,19,21);1H. The molecule has 2 amide bonds. The lowest BCUT2D eigenvalue weighted by Gasteiger charge is -2.18. The molecule has 124 valence electrons. The number of nitrogens with two attached hydrogens (primary N) is 1. The smallest absolute Gasteiger partial charge is 0.251 e. The second kappa shape index (κ2) is 10.2. The molecule has 0 heterocycles. The van der Waals surface area contributed by atoms with E-state index in [-0.39, 0.29) is 30.3 Å². The summed E-state index contributed by atoms with van der Waals surface area (Å²) in [5.74, 6) is 0.298. The molecular weight excluding hydrogens is 302 g/mol. The number of carbonyl (C=O) groups is 2. The van der Waals surface area contributed by atoms with Crippen LogP contribution in [0.5, 0.6) is 0 Å². The summed E-state index contributed by atoms with van der Waals surface area (Å²) in [6.45, 7) is 6.58. The van der Waals surface area contributed by atoms with Gasteiger partial charge in [0.05, 0.1) is 0 Å². The van der Waals surface area contributed by atoms with E-state index in [1.54, 1.807) is 12.1 Å². The van der Waals surface area contributed by atoms with Crippen molar-refractivity contribution in [2.75, 3.05) is 6.54 Å². The van der Waals surface area contributed by atoms with E-state index >= 15 is 0 Å². The Balaban J connectivity index is 0.00000441. The lowest BCUT2D eigenvalue weighted by atomic mass is 10.0. The summed E-state index contributed by atoms with van der Waals surface area (Å²) >= 11 is 0. The summed E-state index contributed by atoms with van der Waals surface area (Å²) in [7, 11) is 0. The Bertz CT molecular complexity index is 475. The van der Waals surface area contributed by atoms with Crippen LogP contribution in [-0.4, -0.2) is 24.4 Å². The minimum Gasteiger partial charge on any atom is -0.352 e. The van der Waals surface area contributed by atoms with Crippen molar-refractivity contribution in [1.29, 1.82) is 0 Å². The average molecular weight is 328 g/mol. The molecule has 1 rings (SSSR count). The van der Waals surface area contributed by atoms with Gasteiger partial charge in [0, 0.05) is 31.6 Å². The van der Waals surface area contributed by atoms with Crippen LogP contribution in [0.15, 0.2) is 24.3 Å². The summed E-state index contributed by atoms with van der Waals surface area (Å²) in [6.07, 6.45) is 0.864. The van der Waals surface area contributed by atoms with Crippen molar-refractivity contribution in [2.24, 2.45) is 11.7 Å². The van der Waals surface area contributed by atoms with Gasteiger partial charge in [-0.25, -0.2) is 0 Å². The van der Waals surface area contributed by atoms with Crippen molar-refractivity contribution in [3.8, 4) is 0 Å². The van der Waals surface area contributed by atoms with E-state index in [0.717, 1.165) is 12.0 Å². The van der Waals surface area contributed by atoms with Crippen molar-refractivity contribution < 1.29 is 9.59 Å². The van der Waals surface area contributed by atoms with Crippen LogP contribution in [-0.2, 0) is 11.3 Å².